The average Bonchev–Trinajstić information content (AvgIpc) is 2.17. The Bertz CT molecular complexity index is 234. The molecule has 1 nitrogen and oxygen atoms in total. The number of hydrogen-bond donors (Lipinski definition) is 0. The summed E-state index contributed by atoms with van der Waals surface area (Å²) in [6.07, 6.45) is 7.14. The maximum atomic E-state index is 11.2. The second kappa shape index (κ2) is 2.59. The van der Waals surface area contributed by atoms with Gasteiger partial charge in [0, 0.05) is 4.91 Å². The zero-order valence-corrected chi connectivity index (χ0v) is 6.94. The molecule has 1 rings (SSSR count). The molecule has 0 aromatic carbocycles. The smallest absolute Gasteiger partial charge is 0.0536 e. The van der Waals surface area contributed by atoms with Gasteiger partial charge in [0.05, 0.1) is 22.0 Å². The maximum absolute atomic E-state index is 11.2. The van der Waals surface area contributed by atoms with E-state index < -0.39 is 10.8 Å². The summed E-state index contributed by atoms with van der Waals surface area (Å²) in [6.45, 7) is 3.79. The van der Waals surface area contributed by atoms with E-state index in [1.807, 2.05) is 19.9 Å². The van der Waals surface area contributed by atoms with Gasteiger partial charge in [-0.15, -0.1) is 6.42 Å². The van der Waals surface area contributed by atoms with Crippen LogP contribution in [0.4, 0.5) is 0 Å². The molecular weight excluding hydrogens is 144 g/mol. The quantitative estimate of drug-likeness (QED) is 0.480. The largest absolute Gasteiger partial charge is 0.254 e. The zero-order valence-electron chi connectivity index (χ0n) is 6.13. The molecule has 3 unspecified atom stereocenters. The topological polar surface area (TPSA) is 17.1 Å². The van der Waals surface area contributed by atoms with Gasteiger partial charge in [-0.25, -0.2) is 0 Å². The summed E-state index contributed by atoms with van der Waals surface area (Å²) in [6, 6.07) is 0. The highest BCUT2D eigenvalue weighted by Gasteiger charge is 2.26. The van der Waals surface area contributed by atoms with Gasteiger partial charge in [0.2, 0.25) is 0 Å². The van der Waals surface area contributed by atoms with Crippen molar-refractivity contribution < 1.29 is 4.21 Å². The Morgan fingerprint density at radius 1 is 1.80 bits per heavy atom. The SMILES string of the molecule is C#CC1C=C(C)S(=O)C1C. The fraction of sp³-hybridized carbons (Fsp3) is 0.500. The first kappa shape index (κ1) is 7.56. The standard InChI is InChI=1S/C8H10OS/c1-4-8-5-6(2)10(9)7(8)3/h1,5,7-8H,2-3H3. The molecule has 0 saturated heterocycles. The molecule has 54 valence electrons. The first-order chi connectivity index (χ1) is 4.66. The minimum absolute atomic E-state index is 0.0841. The van der Waals surface area contributed by atoms with E-state index in [0.717, 1.165) is 4.91 Å². The van der Waals surface area contributed by atoms with Crippen LogP contribution in [0.5, 0.6) is 0 Å². The monoisotopic (exact) mass is 154 g/mol. The number of allylic oxidation sites excluding steroid dienone is 2. The van der Waals surface area contributed by atoms with Crippen LogP contribution < -0.4 is 0 Å². The van der Waals surface area contributed by atoms with Gasteiger partial charge >= 0.3 is 0 Å². The van der Waals surface area contributed by atoms with Crippen molar-refractivity contribution >= 4 is 10.8 Å². The van der Waals surface area contributed by atoms with Crippen LogP contribution in [0.25, 0.3) is 0 Å². The minimum atomic E-state index is -0.824. The molecule has 0 spiro atoms. The van der Waals surface area contributed by atoms with Crippen LogP contribution in [-0.2, 0) is 10.8 Å². The Morgan fingerprint density at radius 3 is 2.60 bits per heavy atom. The van der Waals surface area contributed by atoms with Gasteiger partial charge in [0.25, 0.3) is 0 Å². The predicted molar refractivity (Wildman–Crippen MR) is 43.7 cm³/mol. The van der Waals surface area contributed by atoms with E-state index in [1.165, 1.54) is 0 Å². The van der Waals surface area contributed by atoms with Crippen molar-refractivity contribution in [3.63, 3.8) is 0 Å². The molecule has 0 bridgehead atoms. The molecule has 0 amide bonds. The third-order valence-electron chi connectivity index (χ3n) is 1.77. The molecule has 0 aromatic rings. The van der Waals surface area contributed by atoms with Gasteiger partial charge in [0.15, 0.2) is 0 Å². The van der Waals surface area contributed by atoms with Crippen molar-refractivity contribution in [3.8, 4) is 12.3 Å². The fourth-order valence-corrected chi connectivity index (χ4v) is 2.36. The summed E-state index contributed by atoms with van der Waals surface area (Å²) in [7, 11) is -0.824. The molecule has 1 heterocycles. The lowest BCUT2D eigenvalue weighted by atomic mass is 10.1. The van der Waals surface area contributed by atoms with Crippen molar-refractivity contribution in [2.75, 3.05) is 0 Å². The zero-order chi connectivity index (χ0) is 7.72. The van der Waals surface area contributed by atoms with Crippen LogP contribution in [0.1, 0.15) is 13.8 Å². The molecule has 2 heteroatoms. The van der Waals surface area contributed by atoms with Gasteiger partial charge in [-0.2, -0.15) is 0 Å². The minimum Gasteiger partial charge on any atom is -0.254 e. The van der Waals surface area contributed by atoms with Gasteiger partial charge < -0.3 is 0 Å². The Balaban J connectivity index is 2.89. The average molecular weight is 154 g/mol. The van der Waals surface area contributed by atoms with Crippen LogP contribution in [0, 0.1) is 18.3 Å². The highest BCUT2D eigenvalue weighted by molar-refractivity contribution is 7.89. The molecule has 0 N–H and O–H groups in total. The summed E-state index contributed by atoms with van der Waals surface area (Å²) in [5.74, 6) is 2.69. The second-order valence-electron chi connectivity index (χ2n) is 2.47. The lowest BCUT2D eigenvalue weighted by Crippen LogP contribution is -2.12. The first-order valence-electron chi connectivity index (χ1n) is 3.22. The van der Waals surface area contributed by atoms with Crippen molar-refractivity contribution in [2.45, 2.75) is 19.1 Å². The van der Waals surface area contributed by atoms with Gasteiger partial charge in [-0.3, -0.25) is 4.21 Å². The third-order valence-corrected chi connectivity index (χ3v) is 3.51. The maximum Gasteiger partial charge on any atom is 0.0536 e. The molecule has 0 saturated carbocycles. The van der Waals surface area contributed by atoms with E-state index in [4.69, 9.17) is 6.42 Å². The summed E-state index contributed by atoms with van der Waals surface area (Å²) in [4.78, 5) is 0.926. The van der Waals surface area contributed by atoms with Gasteiger partial charge in [0.1, 0.15) is 0 Å². The van der Waals surface area contributed by atoms with Crippen LogP contribution in [0.3, 0.4) is 0 Å². The van der Waals surface area contributed by atoms with E-state index in [1.54, 1.807) is 0 Å². The Kier molecular flexibility index (Phi) is 1.96. The fourth-order valence-electron chi connectivity index (χ4n) is 1.07. The lowest BCUT2D eigenvalue weighted by molar-refractivity contribution is 0.674. The summed E-state index contributed by atoms with van der Waals surface area (Å²) in [5.41, 5.74) is 0. The van der Waals surface area contributed by atoms with Crippen molar-refractivity contribution in [2.24, 2.45) is 5.92 Å². The van der Waals surface area contributed by atoms with Crippen LogP contribution in [0.2, 0.25) is 0 Å². The molecule has 0 aromatic heterocycles. The highest BCUT2D eigenvalue weighted by Crippen LogP contribution is 2.25. The van der Waals surface area contributed by atoms with Gasteiger partial charge in [-0.1, -0.05) is 12.0 Å². The first-order valence-corrected chi connectivity index (χ1v) is 4.43. The number of hydrogen-bond acceptors (Lipinski definition) is 1. The Hall–Kier alpha value is -0.550. The highest BCUT2D eigenvalue weighted by atomic mass is 32.2. The van der Waals surface area contributed by atoms with E-state index in [0.29, 0.717) is 0 Å². The molecular formula is C8H10OS. The molecule has 1 aliphatic rings. The van der Waals surface area contributed by atoms with E-state index >= 15 is 0 Å². The lowest BCUT2D eigenvalue weighted by Gasteiger charge is -2.04. The third kappa shape index (κ3) is 1.02. The molecule has 3 atom stereocenters. The number of rotatable bonds is 0. The van der Waals surface area contributed by atoms with Crippen molar-refractivity contribution in [3.05, 3.63) is 11.0 Å². The van der Waals surface area contributed by atoms with Crippen molar-refractivity contribution in [1.82, 2.24) is 0 Å². The van der Waals surface area contributed by atoms with Crippen molar-refractivity contribution in [1.29, 1.82) is 0 Å². The molecule has 10 heavy (non-hydrogen) atoms. The van der Waals surface area contributed by atoms with Crippen LogP contribution in [0.15, 0.2) is 11.0 Å². The van der Waals surface area contributed by atoms with E-state index in [2.05, 4.69) is 5.92 Å². The van der Waals surface area contributed by atoms with Crippen LogP contribution in [-0.4, -0.2) is 9.46 Å². The van der Waals surface area contributed by atoms with E-state index in [-0.39, 0.29) is 11.2 Å². The Labute approximate surface area is 64.0 Å². The Morgan fingerprint density at radius 2 is 2.40 bits per heavy atom. The predicted octanol–water partition coefficient (Wildman–Crippen LogP) is 1.29. The molecule has 0 fully saturated rings. The van der Waals surface area contributed by atoms with E-state index in [9.17, 15) is 4.21 Å². The molecule has 0 radical (unpaired) electrons. The molecule has 0 aliphatic carbocycles. The molecule has 1 aliphatic heterocycles. The summed E-state index contributed by atoms with van der Waals surface area (Å²) >= 11 is 0. The number of terminal acetylenes is 1. The second-order valence-corrected chi connectivity index (χ2v) is 4.45. The summed E-state index contributed by atoms with van der Waals surface area (Å²) < 4.78 is 11.2. The normalized spacial score (nSPS) is 38.9. The van der Waals surface area contributed by atoms with Gasteiger partial charge in [-0.05, 0) is 13.8 Å². The van der Waals surface area contributed by atoms with Crippen LogP contribution >= 0.6 is 0 Å². The summed E-state index contributed by atoms with van der Waals surface area (Å²) in [5, 5.41) is 0.116.